The molecule has 0 aliphatic heterocycles. The quantitative estimate of drug-likeness (QED) is 0.363. The van der Waals surface area contributed by atoms with E-state index in [0.29, 0.717) is 0 Å². The van der Waals surface area contributed by atoms with Crippen LogP contribution in [0, 0.1) is 27.3 Å². The molecule has 2 rings (SSSR count). The molecule has 2 aromatic carbocycles. The summed E-state index contributed by atoms with van der Waals surface area (Å²) in [6.07, 6.45) is 0.984. The number of nitrogens with one attached hydrogen (secondary N) is 1. The largest absolute Gasteiger partial charge is 0.320 e. The number of benzene rings is 2. The molecule has 0 heterocycles. The van der Waals surface area contributed by atoms with Crippen LogP contribution in [0.4, 0.5) is 15.8 Å². The molecular formula is C16H8Cl2FN3O3. The van der Waals surface area contributed by atoms with E-state index in [2.05, 4.69) is 5.32 Å². The lowest BCUT2D eigenvalue weighted by atomic mass is 10.1. The summed E-state index contributed by atoms with van der Waals surface area (Å²) in [4.78, 5) is 22.3. The van der Waals surface area contributed by atoms with Crippen molar-refractivity contribution < 1.29 is 14.1 Å². The van der Waals surface area contributed by atoms with Gasteiger partial charge in [0.2, 0.25) is 0 Å². The average Bonchev–Trinajstić information content (AvgIpc) is 2.56. The molecule has 0 radical (unpaired) electrons. The first kappa shape index (κ1) is 18.4. The maximum Gasteiger partial charge on any atom is 0.271 e. The summed E-state index contributed by atoms with van der Waals surface area (Å²) in [7, 11) is 0. The molecular weight excluding hydrogens is 372 g/mol. The molecule has 6 nitrogen and oxygen atoms in total. The van der Waals surface area contributed by atoms with Gasteiger partial charge in [-0.15, -0.1) is 0 Å². The number of anilines is 1. The van der Waals surface area contributed by atoms with Crippen molar-refractivity contribution in [1.29, 1.82) is 5.26 Å². The molecule has 1 N–H and O–H groups in total. The zero-order chi connectivity index (χ0) is 18.6. The van der Waals surface area contributed by atoms with Crippen LogP contribution < -0.4 is 5.32 Å². The molecule has 0 saturated carbocycles. The maximum absolute atomic E-state index is 13.8. The number of rotatable bonds is 4. The monoisotopic (exact) mass is 379 g/mol. The Hall–Kier alpha value is -2.95. The summed E-state index contributed by atoms with van der Waals surface area (Å²) in [6.45, 7) is 0. The summed E-state index contributed by atoms with van der Waals surface area (Å²) in [5.74, 6) is -1.62. The standard InChI is InChI=1S/C16H8Cl2FN3O3/c17-12-2-1-3-14(19)11(12)6-9(8-20)16(23)21-15-7-10(22(24)25)4-5-13(15)18/h1-7H,(H,21,23)/b9-6+. The summed E-state index contributed by atoms with van der Waals surface area (Å²) < 4.78 is 13.8. The first-order valence-corrected chi connectivity index (χ1v) is 7.40. The van der Waals surface area contributed by atoms with Gasteiger partial charge in [-0.25, -0.2) is 4.39 Å². The van der Waals surface area contributed by atoms with E-state index in [1.807, 2.05) is 0 Å². The lowest BCUT2D eigenvalue weighted by Crippen LogP contribution is -2.14. The molecule has 0 bridgehead atoms. The van der Waals surface area contributed by atoms with Gasteiger partial charge >= 0.3 is 0 Å². The first-order chi connectivity index (χ1) is 11.8. The van der Waals surface area contributed by atoms with Gasteiger partial charge in [-0.05, 0) is 24.3 Å². The fraction of sp³-hybridized carbons (Fsp3) is 0. The summed E-state index contributed by atoms with van der Waals surface area (Å²) in [5, 5.41) is 22.3. The maximum atomic E-state index is 13.8. The second-order valence-electron chi connectivity index (χ2n) is 4.68. The van der Waals surface area contributed by atoms with Gasteiger partial charge in [-0.3, -0.25) is 14.9 Å². The molecule has 9 heteroatoms. The predicted molar refractivity (Wildman–Crippen MR) is 91.7 cm³/mol. The number of carbonyl (C=O) groups excluding carboxylic acids is 1. The molecule has 0 saturated heterocycles. The van der Waals surface area contributed by atoms with Gasteiger partial charge in [0.25, 0.3) is 11.6 Å². The van der Waals surface area contributed by atoms with Crippen LogP contribution in [0.3, 0.4) is 0 Å². The SMILES string of the molecule is N#C/C(=C\c1c(F)cccc1Cl)C(=O)Nc1cc([N+](=O)[O-])ccc1Cl. The first-order valence-electron chi connectivity index (χ1n) is 6.64. The Kier molecular flexibility index (Phi) is 5.70. The zero-order valence-corrected chi connectivity index (χ0v) is 13.8. The van der Waals surface area contributed by atoms with Crippen molar-refractivity contribution >= 4 is 46.6 Å². The molecule has 0 fully saturated rings. The van der Waals surface area contributed by atoms with E-state index in [1.54, 1.807) is 6.07 Å². The van der Waals surface area contributed by atoms with Crippen molar-refractivity contribution in [3.05, 3.63) is 73.5 Å². The van der Waals surface area contributed by atoms with Gasteiger partial charge in [-0.2, -0.15) is 5.26 Å². The van der Waals surface area contributed by atoms with Crippen molar-refractivity contribution in [1.82, 2.24) is 0 Å². The molecule has 0 atom stereocenters. The number of nitro groups is 1. The fourth-order valence-electron chi connectivity index (χ4n) is 1.85. The Morgan fingerprint density at radius 3 is 2.60 bits per heavy atom. The minimum absolute atomic E-state index is 0.0222. The topological polar surface area (TPSA) is 96.0 Å². The number of non-ortho nitro benzene ring substituents is 1. The molecule has 25 heavy (non-hydrogen) atoms. The highest BCUT2D eigenvalue weighted by Crippen LogP contribution is 2.27. The minimum Gasteiger partial charge on any atom is -0.320 e. The van der Waals surface area contributed by atoms with Gasteiger partial charge in [0.05, 0.1) is 20.7 Å². The Balaban J connectivity index is 2.36. The van der Waals surface area contributed by atoms with Crippen LogP contribution in [-0.4, -0.2) is 10.8 Å². The number of halogens is 3. The highest BCUT2D eigenvalue weighted by Gasteiger charge is 2.16. The number of hydrogen-bond donors (Lipinski definition) is 1. The fourth-order valence-corrected chi connectivity index (χ4v) is 2.24. The van der Waals surface area contributed by atoms with E-state index < -0.39 is 22.2 Å². The van der Waals surface area contributed by atoms with Gasteiger partial charge < -0.3 is 5.32 Å². The van der Waals surface area contributed by atoms with Crippen LogP contribution in [0.15, 0.2) is 42.0 Å². The third-order valence-electron chi connectivity index (χ3n) is 3.06. The number of carbonyl (C=O) groups is 1. The Morgan fingerprint density at radius 1 is 1.28 bits per heavy atom. The van der Waals surface area contributed by atoms with Crippen molar-refractivity contribution in [2.45, 2.75) is 0 Å². The Bertz CT molecular complexity index is 918. The molecule has 1 amide bonds. The molecule has 0 aliphatic rings. The van der Waals surface area contributed by atoms with E-state index in [0.717, 1.165) is 24.3 Å². The van der Waals surface area contributed by atoms with Crippen molar-refractivity contribution in [3.63, 3.8) is 0 Å². The van der Waals surface area contributed by atoms with Crippen molar-refractivity contribution in [3.8, 4) is 6.07 Å². The van der Waals surface area contributed by atoms with Crippen LogP contribution in [0.2, 0.25) is 10.0 Å². The summed E-state index contributed by atoms with van der Waals surface area (Å²) in [6, 6.07) is 8.98. The van der Waals surface area contributed by atoms with E-state index in [9.17, 15) is 19.3 Å². The van der Waals surface area contributed by atoms with E-state index in [-0.39, 0.29) is 27.0 Å². The molecule has 0 aliphatic carbocycles. The van der Waals surface area contributed by atoms with Gasteiger partial charge in [0.15, 0.2) is 0 Å². The number of nitrogens with zero attached hydrogens (tertiary/aromatic N) is 2. The lowest BCUT2D eigenvalue weighted by molar-refractivity contribution is -0.384. The zero-order valence-electron chi connectivity index (χ0n) is 12.3. The molecule has 0 unspecified atom stereocenters. The summed E-state index contributed by atoms with van der Waals surface area (Å²) >= 11 is 11.7. The number of nitro benzene ring substituents is 1. The molecule has 0 aromatic heterocycles. The van der Waals surface area contributed by atoms with E-state index >= 15 is 0 Å². The minimum atomic E-state index is -0.913. The normalized spacial score (nSPS) is 10.9. The third kappa shape index (κ3) is 4.32. The van der Waals surface area contributed by atoms with Crippen LogP contribution >= 0.6 is 23.2 Å². The van der Waals surface area contributed by atoms with Crippen LogP contribution in [-0.2, 0) is 4.79 Å². The molecule has 0 spiro atoms. The number of hydrogen-bond acceptors (Lipinski definition) is 4. The molecule has 126 valence electrons. The Labute approximate surface area is 151 Å². The van der Waals surface area contributed by atoms with E-state index in [4.69, 9.17) is 28.5 Å². The third-order valence-corrected chi connectivity index (χ3v) is 3.72. The van der Waals surface area contributed by atoms with Crippen LogP contribution in [0.25, 0.3) is 6.08 Å². The Morgan fingerprint density at radius 2 is 2.00 bits per heavy atom. The predicted octanol–water partition coefficient (Wildman–Crippen LogP) is 4.59. The number of nitriles is 1. The second kappa shape index (κ2) is 7.75. The van der Waals surface area contributed by atoms with Crippen molar-refractivity contribution in [2.75, 3.05) is 5.32 Å². The smallest absolute Gasteiger partial charge is 0.271 e. The van der Waals surface area contributed by atoms with Gasteiger partial charge in [0, 0.05) is 17.7 Å². The van der Waals surface area contributed by atoms with Crippen molar-refractivity contribution in [2.24, 2.45) is 0 Å². The van der Waals surface area contributed by atoms with Crippen LogP contribution in [0.5, 0.6) is 0 Å². The van der Waals surface area contributed by atoms with Crippen LogP contribution in [0.1, 0.15) is 5.56 Å². The highest BCUT2D eigenvalue weighted by molar-refractivity contribution is 6.34. The second-order valence-corrected chi connectivity index (χ2v) is 5.49. The van der Waals surface area contributed by atoms with Gasteiger partial charge in [-0.1, -0.05) is 29.3 Å². The number of amides is 1. The summed E-state index contributed by atoms with van der Waals surface area (Å²) in [5.41, 5.74) is -0.920. The van der Waals surface area contributed by atoms with E-state index in [1.165, 1.54) is 18.2 Å². The lowest BCUT2D eigenvalue weighted by Gasteiger charge is -2.07. The molecule has 2 aromatic rings. The highest BCUT2D eigenvalue weighted by atomic mass is 35.5. The van der Waals surface area contributed by atoms with Gasteiger partial charge in [0.1, 0.15) is 17.5 Å². The average molecular weight is 380 g/mol.